The van der Waals surface area contributed by atoms with Crippen LogP contribution in [0.2, 0.25) is 0 Å². The third-order valence-corrected chi connectivity index (χ3v) is 4.48. The summed E-state index contributed by atoms with van der Waals surface area (Å²) in [6.07, 6.45) is 1.05. The SMILES string of the molecule is CCc1ccc(CNC(=O)c2cc(C)cc(Br)c2)s1. The summed E-state index contributed by atoms with van der Waals surface area (Å²) in [6.45, 7) is 4.71. The fourth-order valence-corrected chi connectivity index (χ4v) is 3.35. The van der Waals surface area contributed by atoms with Crippen molar-refractivity contribution in [3.8, 4) is 0 Å². The third-order valence-electron chi connectivity index (χ3n) is 2.79. The Labute approximate surface area is 126 Å². The summed E-state index contributed by atoms with van der Waals surface area (Å²) in [5, 5.41) is 2.96. The van der Waals surface area contributed by atoms with Crippen molar-refractivity contribution in [1.29, 1.82) is 0 Å². The second-order valence-corrected chi connectivity index (χ2v) is 6.59. The molecule has 1 amide bonds. The largest absolute Gasteiger partial charge is 0.347 e. The zero-order valence-electron chi connectivity index (χ0n) is 11.0. The Kier molecular flexibility index (Phi) is 4.77. The van der Waals surface area contributed by atoms with Crippen molar-refractivity contribution in [2.75, 3.05) is 0 Å². The number of nitrogens with one attached hydrogen (secondary N) is 1. The van der Waals surface area contributed by atoms with Gasteiger partial charge in [0.15, 0.2) is 0 Å². The van der Waals surface area contributed by atoms with Crippen LogP contribution in [0.25, 0.3) is 0 Å². The zero-order chi connectivity index (χ0) is 13.8. The van der Waals surface area contributed by atoms with Crippen molar-refractivity contribution >= 4 is 33.2 Å². The van der Waals surface area contributed by atoms with Crippen molar-refractivity contribution in [3.05, 3.63) is 55.7 Å². The van der Waals surface area contributed by atoms with Gasteiger partial charge in [0.05, 0.1) is 6.54 Å². The molecule has 100 valence electrons. The Balaban J connectivity index is 2.00. The average Bonchev–Trinajstić information content (AvgIpc) is 2.82. The summed E-state index contributed by atoms with van der Waals surface area (Å²) in [7, 11) is 0. The van der Waals surface area contributed by atoms with Gasteiger partial charge in [-0.2, -0.15) is 0 Å². The fourth-order valence-electron chi connectivity index (χ4n) is 1.84. The van der Waals surface area contributed by atoms with Crippen LogP contribution in [0.4, 0.5) is 0 Å². The van der Waals surface area contributed by atoms with E-state index >= 15 is 0 Å². The van der Waals surface area contributed by atoms with Gasteiger partial charge in [0.1, 0.15) is 0 Å². The Morgan fingerprint density at radius 3 is 2.63 bits per heavy atom. The van der Waals surface area contributed by atoms with Crippen molar-refractivity contribution < 1.29 is 4.79 Å². The maximum absolute atomic E-state index is 12.1. The number of amides is 1. The molecular formula is C15H16BrNOS. The predicted octanol–water partition coefficient (Wildman–Crippen LogP) is 4.31. The molecule has 0 unspecified atom stereocenters. The topological polar surface area (TPSA) is 29.1 Å². The second kappa shape index (κ2) is 6.35. The van der Waals surface area contributed by atoms with Crippen LogP contribution in [-0.4, -0.2) is 5.91 Å². The van der Waals surface area contributed by atoms with E-state index in [1.54, 1.807) is 11.3 Å². The maximum atomic E-state index is 12.1. The fraction of sp³-hybridized carbons (Fsp3) is 0.267. The van der Waals surface area contributed by atoms with Gasteiger partial charge in [-0.1, -0.05) is 22.9 Å². The minimum absolute atomic E-state index is 0.0316. The number of carbonyl (C=O) groups is 1. The number of rotatable bonds is 4. The highest BCUT2D eigenvalue weighted by Gasteiger charge is 2.07. The van der Waals surface area contributed by atoms with E-state index in [1.807, 2.05) is 25.1 Å². The van der Waals surface area contributed by atoms with Gasteiger partial charge in [0.2, 0.25) is 0 Å². The standard InChI is InChI=1S/C15H16BrNOS/c1-3-13-4-5-14(19-13)9-17-15(18)11-6-10(2)7-12(16)8-11/h4-8H,3,9H2,1-2H3,(H,17,18). The molecule has 2 rings (SSSR count). The van der Waals surface area contributed by atoms with Gasteiger partial charge < -0.3 is 5.32 Å². The molecule has 0 aliphatic heterocycles. The minimum Gasteiger partial charge on any atom is -0.347 e. The van der Waals surface area contributed by atoms with Crippen LogP contribution in [0.5, 0.6) is 0 Å². The molecule has 0 fully saturated rings. The van der Waals surface area contributed by atoms with Gasteiger partial charge >= 0.3 is 0 Å². The van der Waals surface area contributed by atoms with Crippen LogP contribution in [0.15, 0.2) is 34.8 Å². The second-order valence-electron chi connectivity index (χ2n) is 4.42. The van der Waals surface area contributed by atoms with Crippen LogP contribution in [0.1, 0.15) is 32.6 Å². The molecule has 0 atom stereocenters. The van der Waals surface area contributed by atoms with E-state index in [1.165, 1.54) is 9.75 Å². The highest BCUT2D eigenvalue weighted by atomic mass is 79.9. The number of thiophene rings is 1. The lowest BCUT2D eigenvalue weighted by Gasteiger charge is -2.05. The molecule has 4 heteroatoms. The van der Waals surface area contributed by atoms with Crippen molar-refractivity contribution in [1.82, 2.24) is 5.32 Å². The molecule has 0 saturated heterocycles. The number of aryl methyl sites for hydroxylation is 2. The molecule has 1 heterocycles. The summed E-state index contributed by atoms with van der Waals surface area (Å²) in [5.41, 5.74) is 1.77. The first kappa shape index (κ1) is 14.3. The van der Waals surface area contributed by atoms with E-state index in [-0.39, 0.29) is 5.91 Å². The van der Waals surface area contributed by atoms with Gasteiger partial charge in [-0.15, -0.1) is 11.3 Å². The Morgan fingerprint density at radius 1 is 1.26 bits per heavy atom. The monoisotopic (exact) mass is 337 g/mol. The van der Waals surface area contributed by atoms with Gasteiger partial charge in [-0.25, -0.2) is 0 Å². The lowest BCUT2D eigenvalue weighted by Crippen LogP contribution is -2.22. The molecule has 2 nitrogen and oxygen atoms in total. The third kappa shape index (κ3) is 3.91. The van der Waals surface area contributed by atoms with E-state index < -0.39 is 0 Å². The molecule has 0 aliphatic rings. The van der Waals surface area contributed by atoms with Gasteiger partial charge in [0.25, 0.3) is 5.91 Å². The average molecular weight is 338 g/mol. The van der Waals surface area contributed by atoms with Crippen LogP contribution in [0.3, 0.4) is 0 Å². The maximum Gasteiger partial charge on any atom is 0.251 e. The van der Waals surface area contributed by atoms with Crippen LogP contribution in [-0.2, 0) is 13.0 Å². The van der Waals surface area contributed by atoms with E-state index in [0.29, 0.717) is 12.1 Å². The van der Waals surface area contributed by atoms with E-state index in [0.717, 1.165) is 16.5 Å². The highest BCUT2D eigenvalue weighted by molar-refractivity contribution is 9.10. The van der Waals surface area contributed by atoms with Gasteiger partial charge in [0, 0.05) is 19.8 Å². The van der Waals surface area contributed by atoms with Crippen LogP contribution in [0, 0.1) is 6.92 Å². The molecule has 1 aromatic carbocycles. The summed E-state index contributed by atoms with van der Waals surface area (Å²) in [5.74, 6) is -0.0316. The van der Waals surface area contributed by atoms with Crippen LogP contribution >= 0.6 is 27.3 Å². The smallest absolute Gasteiger partial charge is 0.251 e. The van der Waals surface area contributed by atoms with Crippen molar-refractivity contribution in [2.24, 2.45) is 0 Å². The molecule has 0 aliphatic carbocycles. The molecule has 19 heavy (non-hydrogen) atoms. The number of hydrogen-bond donors (Lipinski definition) is 1. The summed E-state index contributed by atoms with van der Waals surface area (Å²) >= 11 is 5.16. The zero-order valence-corrected chi connectivity index (χ0v) is 13.4. The number of hydrogen-bond acceptors (Lipinski definition) is 2. The summed E-state index contributed by atoms with van der Waals surface area (Å²) < 4.78 is 0.932. The molecular weight excluding hydrogens is 322 g/mol. The first-order chi connectivity index (χ1) is 9.08. The number of carbonyl (C=O) groups excluding carboxylic acids is 1. The van der Waals surface area contributed by atoms with Crippen molar-refractivity contribution in [3.63, 3.8) is 0 Å². The molecule has 0 spiro atoms. The molecule has 0 bridgehead atoms. The van der Waals surface area contributed by atoms with Crippen molar-refractivity contribution in [2.45, 2.75) is 26.8 Å². The lowest BCUT2D eigenvalue weighted by molar-refractivity contribution is 0.0951. The number of benzene rings is 1. The predicted molar refractivity (Wildman–Crippen MR) is 83.7 cm³/mol. The Bertz CT molecular complexity index is 571. The summed E-state index contributed by atoms with van der Waals surface area (Å²) in [6, 6.07) is 9.93. The molecule has 0 saturated carbocycles. The molecule has 2 aromatic rings. The molecule has 1 aromatic heterocycles. The lowest BCUT2D eigenvalue weighted by atomic mass is 10.1. The van der Waals surface area contributed by atoms with E-state index in [2.05, 4.69) is 40.3 Å². The van der Waals surface area contributed by atoms with Gasteiger partial charge in [-0.3, -0.25) is 4.79 Å². The molecule has 0 radical (unpaired) electrons. The van der Waals surface area contributed by atoms with E-state index in [4.69, 9.17) is 0 Å². The van der Waals surface area contributed by atoms with E-state index in [9.17, 15) is 4.79 Å². The minimum atomic E-state index is -0.0316. The van der Waals surface area contributed by atoms with Crippen LogP contribution < -0.4 is 5.32 Å². The first-order valence-corrected chi connectivity index (χ1v) is 7.82. The quantitative estimate of drug-likeness (QED) is 0.884. The summed E-state index contributed by atoms with van der Waals surface area (Å²) in [4.78, 5) is 14.6. The highest BCUT2D eigenvalue weighted by Crippen LogP contribution is 2.18. The Hall–Kier alpha value is -1.13. The Morgan fingerprint density at radius 2 is 2.00 bits per heavy atom. The van der Waals surface area contributed by atoms with Gasteiger partial charge in [-0.05, 0) is 49.2 Å². The number of halogens is 1. The normalized spacial score (nSPS) is 10.5. The molecule has 1 N–H and O–H groups in total. The first-order valence-electron chi connectivity index (χ1n) is 6.21.